The monoisotopic (exact) mass is 651 g/mol. The van der Waals surface area contributed by atoms with E-state index in [4.69, 9.17) is 32.4 Å². The number of aromatic nitrogens is 2. The van der Waals surface area contributed by atoms with E-state index in [-0.39, 0.29) is 16.5 Å². The average Bonchev–Trinajstić information content (AvgIpc) is 3.73. The first-order valence-electron chi connectivity index (χ1n) is 13.2. The molecule has 0 fully saturated rings. The van der Waals surface area contributed by atoms with Crippen molar-refractivity contribution in [3.05, 3.63) is 111 Å². The number of rotatable bonds is 9. The van der Waals surface area contributed by atoms with E-state index in [1.54, 1.807) is 36.4 Å². The summed E-state index contributed by atoms with van der Waals surface area (Å²) in [6, 6.07) is 18.7. The van der Waals surface area contributed by atoms with Gasteiger partial charge in [-0.15, -0.1) is 10.2 Å². The Morgan fingerprint density at radius 3 is 2.63 bits per heavy atom. The Morgan fingerprint density at radius 2 is 1.91 bits per heavy atom. The quantitative estimate of drug-likeness (QED) is 0.0965. The highest BCUT2D eigenvalue weighted by atomic mass is 35.5. The Bertz CT molecular complexity index is 1900. The van der Waals surface area contributed by atoms with Gasteiger partial charge in [0, 0.05) is 21.2 Å². The van der Waals surface area contributed by atoms with Gasteiger partial charge in [-0.05, 0) is 47.4 Å². The number of halogens is 2. The molecule has 2 aromatic heterocycles. The van der Waals surface area contributed by atoms with E-state index in [1.165, 1.54) is 35.1 Å². The first-order chi connectivity index (χ1) is 20.8. The molecule has 12 heteroatoms. The second-order valence-electron chi connectivity index (χ2n) is 9.63. The Balaban J connectivity index is 1.36. The Hall–Kier alpha value is -3.83. The molecule has 1 N–H and O–H groups in total. The summed E-state index contributed by atoms with van der Waals surface area (Å²) in [5.41, 5.74) is 2.87. The second kappa shape index (κ2) is 12.0. The molecule has 0 aliphatic carbocycles. The number of Topliss-reactive ketones (excluding diaryl/α,β-unsaturated/α-hetero) is 1. The number of benzene rings is 3. The van der Waals surface area contributed by atoms with Crippen LogP contribution in [0.1, 0.15) is 40.2 Å². The minimum Gasteiger partial charge on any atom is -0.503 e. The molecule has 0 saturated carbocycles. The van der Waals surface area contributed by atoms with Crippen molar-refractivity contribution in [1.82, 2.24) is 10.2 Å². The number of thioether (sulfide) groups is 1. The number of amides is 1. The van der Waals surface area contributed by atoms with Gasteiger partial charge in [-0.3, -0.25) is 14.5 Å². The van der Waals surface area contributed by atoms with Gasteiger partial charge in [-0.2, -0.15) is 0 Å². The Morgan fingerprint density at radius 1 is 1.12 bits per heavy atom. The maximum absolute atomic E-state index is 14.0. The minimum atomic E-state index is -0.961. The number of methoxy groups -OCH3 is 1. The van der Waals surface area contributed by atoms with Crippen molar-refractivity contribution in [3.63, 3.8) is 0 Å². The maximum Gasteiger partial charge on any atom is 0.296 e. The molecular formula is C31H23Cl2N3O5S2. The van der Waals surface area contributed by atoms with Crippen LogP contribution in [0.4, 0.5) is 5.13 Å². The summed E-state index contributed by atoms with van der Waals surface area (Å²) in [4.78, 5) is 28.9. The molecule has 8 nitrogen and oxygen atoms in total. The lowest BCUT2D eigenvalue weighted by molar-refractivity contribution is -0.117. The number of para-hydroxylation sites is 1. The van der Waals surface area contributed by atoms with Crippen LogP contribution in [-0.4, -0.2) is 34.1 Å². The highest BCUT2D eigenvalue weighted by Gasteiger charge is 2.46. The summed E-state index contributed by atoms with van der Waals surface area (Å²) in [7, 11) is 1.51. The van der Waals surface area contributed by atoms with E-state index in [0.717, 1.165) is 17.5 Å². The van der Waals surface area contributed by atoms with Crippen molar-refractivity contribution in [2.45, 2.75) is 29.5 Å². The van der Waals surface area contributed by atoms with E-state index >= 15 is 0 Å². The summed E-state index contributed by atoms with van der Waals surface area (Å²) >= 11 is 14.9. The number of furan rings is 1. The second-order valence-corrected chi connectivity index (χ2v) is 12.7. The van der Waals surface area contributed by atoms with E-state index in [1.807, 2.05) is 37.3 Å². The number of hydrogen-bond acceptors (Lipinski definition) is 9. The number of hydrogen-bond donors (Lipinski definition) is 1. The molecule has 218 valence electrons. The fraction of sp³-hybridized carbons (Fsp3) is 0.161. The van der Waals surface area contributed by atoms with E-state index in [9.17, 15) is 14.7 Å². The molecular weight excluding hydrogens is 629 g/mol. The van der Waals surface area contributed by atoms with Crippen LogP contribution < -0.4 is 9.64 Å². The zero-order chi connectivity index (χ0) is 30.2. The molecule has 1 amide bonds. The van der Waals surface area contributed by atoms with Crippen LogP contribution >= 0.6 is 46.3 Å². The largest absolute Gasteiger partial charge is 0.503 e. The predicted octanol–water partition coefficient (Wildman–Crippen LogP) is 8.24. The van der Waals surface area contributed by atoms with Crippen molar-refractivity contribution >= 4 is 74.1 Å². The molecule has 0 radical (unpaired) electrons. The van der Waals surface area contributed by atoms with Crippen LogP contribution in [0.2, 0.25) is 10.0 Å². The van der Waals surface area contributed by atoms with E-state index < -0.39 is 23.5 Å². The molecule has 1 unspecified atom stereocenters. The van der Waals surface area contributed by atoms with Crippen molar-refractivity contribution in [2.75, 3.05) is 12.0 Å². The van der Waals surface area contributed by atoms with Crippen LogP contribution in [0, 0.1) is 0 Å². The van der Waals surface area contributed by atoms with Gasteiger partial charge >= 0.3 is 0 Å². The highest BCUT2D eigenvalue weighted by molar-refractivity contribution is 8.00. The number of carbonyl (C=O) groups excluding carboxylic acids is 2. The predicted molar refractivity (Wildman–Crippen MR) is 169 cm³/mol. The first kappa shape index (κ1) is 29.3. The highest BCUT2D eigenvalue weighted by Crippen LogP contribution is 2.44. The van der Waals surface area contributed by atoms with Crippen LogP contribution in [0.15, 0.2) is 86.8 Å². The summed E-state index contributed by atoms with van der Waals surface area (Å²) < 4.78 is 11.9. The lowest BCUT2D eigenvalue weighted by atomic mass is 9.94. The molecule has 43 heavy (non-hydrogen) atoms. The van der Waals surface area contributed by atoms with Gasteiger partial charge in [0.25, 0.3) is 5.91 Å². The summed E-state index contributed by atoms with van der Waals surface area (Å²) in [5, 5.41) is 21.7. The maximum atomic E-state index is 14.0. The van der Waals surface area contributed by atoms with Crippen LogP contribution in [0.5, 0.6) is 5.75 Å². The fourth-order valence-corrected chi connectivity index (χ4v) is 7.29. The molecule has 0 spiro atoms. The zero-order valence-electron chi connectivity index (χ0n) is 22.8. The van der Waals surface area contributed by atoms with Crippen molar-refractivity contribution in [1.29, 1.82) is 0 Å². The average molecular weight is 653 g/mol. The van der Waals surface area contributed by atoms with Crippen molar-refractivity contribution < 1.29 is 23.8 Å². The number of aliphatic hydroxyl groups is 1. The number of carbonyl (C=O) groups is 2. The van der Waals surface area contributed by atoms with Gasteiger partial charge in [0.2, 0.25) is 10.9 Å². The first-order valence-corrected chi connectivity index (χ1v) is 15.7. The molecule has 1 aliphatic rings. The standard InChI is InChI=1S/C31H23Cl2N3O5S2/c1-3-16-7-9-17(10-8-16)25-24(26(37)23-13-18-5-4-6-22(40-2)28(18)41-23)27(38)29(39)36(25)30-34-35-31(43-30)42-15-19-11-12-20(32)14-21(19)33/h4-14,25,38H,3,15H2,1-2H3. The van der Waals surface area contributed by atoms with Gasteiger partial charge in [0.05, 0.1) is 18.7 Å². The third kappa shape index (κ3) is 5.51. The van der Waals surface area contributed by atoms with Crippen molar-refractivity contribution in [3.8, 4) is 5.75 Å². The van der Waals surface area contributed by atoms with Crippen LogP contribution in [-0.2, 0) is 17.0 Å². The Labute approximate surface area is 264 Å². The number of ketones is 1. The normalized spacial score (nSPS) is 15.1. The molecule has 0 saturated heterocycles. The molecule has 0 bridgehead atoms. The lowest BCUT2D eigenvalue weighted by Crippen LogP contribution is -2.31. The van der Waals surface area contributed by atoms with Gasteiger partial charge in [-0.25, -0.2) is 0 Å². The fourth-order valence-electron chi connectivity index (χ4n) is 4.86. The van der Waals surface area contributed by atoms with Gasteiger partial charge < -0.3 is 14.3 Å². The number of ether oxygens (including phenoxy) is 1. The molecule has 5 aromatic rings. The SMILES string of the molecule is CCc1ccc(C2C(C(=O)c3cc4cccc(OC)c4o3)=C(O)C(=O)N2c2nnc(SCc3ccc(Cl)cc3Cl)s2)cc1. The number of fused-ring (bicyclic) bond motifs is 1. The minimum absolute atomic E-state index is 0.0285. The van der Waals surface area contributed by atoms with Gasteiger partial charge in [0.15, 0.2) is 27.2 Å². The number of aryl methyl sites for hydroxylation is 1. The smallest absolute Gasteiger partial charge is 0.296 e. The number of aliphatic hydroxyl groups excluding tert-OH is 1. The molecule has 1 aliphatic heterocycles. The molecule has 3 heterocycles. The van der Waals surface area contributed by atoms with Crippen molar-refractivity contribution in [2.24, 2.45) is 0 Å². The topological polar surface area (TPSA) is 106 Å². The van der Waals surface area contributed by atoms with Gasteiger partial charge in [0.1, 0.15) is 0 Å². The molecule has 1 atom stereocenters. The molecule has 6 rings (SSSR count). The lowest BCUT2D eigenvalue weighted by Gasteiger charge is -2.24. The number of nitrogens with zero attached hydrogens (tertiary/aromatic N) is 3. The van der Waals surface area contributed by atoms with Crippen LogP contribution in [0.25, 0.3) is 11.0 Å². The summed E-state index contributed by atoms with van der Waals surface area (Å²) in [6.07, 6.45) is 0.815. The zero-order valence-corrected chi connectivity index (χ0v) is 26.0. The van der Waals surface area contributed by atoms with Gasteiger partial charge in [-0.1, -0.05) is 95.7 Å². The van der Waals surface area contributed by atoms with Crippen LogP contribution in [0.3, 0.4) is 0 Å². The Kier molecular flexibility index (Phi) is 8.19. The number of anilines is 1. The van der Waals surface area contributed by atoms with E-state index in [2.05, 4.69) is 10.2 Å². The third-order valence-corrected chi connectivity index (χ3v) is 9.77. The molecule has 3 aromatic carbocycles. The third-order valence-electron chi connectivity index (χ3n) is 7.08. The van der Waals surface area contributed by atoms with E-state index in [0.29, 0.717) is 42.4 Å². The summed E-state index contributed by atoms with van der Waals surface area (Å²) in [5.74, 6) is -1.10. The summed E-state index contributed by atoms with van der Waals surface area (Å²) in [6.45, 7) is 2.04.